The average molecular weight is 512 g/mol. The summed E-state index contributed by atoms with van der Waals surface area (Å²) < 4.78 is 0. The van der Waals surface area contributed by atoms with Crippen LogP contribution in [0.15, 0.2) is 23.2 Å². The summed E-state index contributed by atoms with van der Waals surface area (Å²) in [5, 5.41) is 15.2. The van der Waals surface area contributed by atoms with Crippen LogP contribution >= 0.6 is 11.3 Å². The summed E-state index contributed by atoms with van der Waals surface area (Å²) in [6.45, 7) is 12.5. The maximum atomic E-state index is 13.6. The van der Waals surface area contributed by atoms with Crippen molar-refractivity contribution in [2.75, 3.05) is 13.1 Å². The molecule has 1 aliphatic carbocycles. The molecule has 1 saturated carbocycles. The molecule has 1 saturated heterocycles. The highest BCUT2D eigenvalue weighted by molar-refractivity contribution is 7.10. The molecular weight excluding hydrogens is 474 g/mol. The molecule has 194 valence electrons. The van der Waals surface area contributed by atoms with E-state index in [1.54, 1.807) is 16.2 Å². The Balaban J connectivity index is 1.63. The van der Waals surface area contributed by atoms with Crippen molar-refractivity contribution in [2.45, 2.75) is 79.3 Å². The molecule has 2 fully saturated rings. The zero-order chi connectivity index (χ0) is 26.7. The number of carbonyl (C=O) groups excluding carboxylic acids is 3. The van der Waals surface area contributed by atoms with Crippen LogP contribution in [0, 0.1) is 29.1 Å². The number of rotatable bonds is 8. The van der Waals surface area contributed by atoms with Crippen LogP contribution in [0.4, 0.5) is 0 Å². The summed E-state index contributed by atoms with van der Waals surface area (Å²) in [4.78, 5) is 46.4. The van der Waals surface area contributed by atoms with Gasteiger partial charge in [0.25, 0.3) is 0 Å². The Labute approximate surface area is 217 Å². The summed E-state index contributed by atoms with van der Waals surface area (Å²) in [7, 11) is 0. The predicted molar refractivity (Wildman–Crippen MR) is 141 cm³/mol. The van der Waals surface area contributed by atoms with Crippen LogP contribution in [0.3, 0.4) is 0 Å². The highest BCUT2D eigenvalue weighted by Gasteiger charge is 2.53. The second-order valence-electron chi connectivity index (χ2n) is 11.0. The van der Waals surface area contributed by atoms with Gasteiger partial charge in [0.05, 0.1) is 22.2 Å². The molecule has 9 heteroatoms. The van der Waals surface area contributed by atoms with Crippen LogP contribution in [0.25, 0.3) is 5.57 Å². The van der Waals surface area contributed by atoms with Gasteiger partial charge in [-0.15, -0.1) is 11.3 Å². The molecule has 1 aromatic heterocycles. The van der Waals surface area contributed by atoms with E-state index in [4.69, 9.17) is 0 Å². The first-order valence-electron chi connectivity index (χ1n) is 12.4. The van der Waals surface area contributed by atoms with Gasteiger partial charge in [0.1, 0.15) is 17.5 Å². The highest BCUT2D eigenvalue weighted by atomic mass is 32.1. The molecule has 0 bridgehead atoms. The maximum absolute atomic E-state index is 13.6. The van der Waals surface area contributed by atoms with Crippen molar-refractivity contribution in [2.24, 2.45) is 10.8 Å². The van der Waals surface area contributed by atoms with Gasteiger partial charge in [-0.3, -0.25) is 14.4 Å². The van der Waals surface area contributed by atoms with Crippen molar-refractivity contribution in [3.63, 3.8) is 0 Å². The summed E-state index contributed by atoms with van der Waals surface area (Å²) in [6.07, 6.45) is 6.35. The molecular formula is C27H37N5O3S. The smallest absolute Gasteiger partial charge is 0.246 e. The lowest BCUT2D eigenvalue weighted by Crippen LogP contribution is -2.58. The van der Waals surface area contributed by atoms with E-state index in [1.807, 2.05) is 59.2 Å². The summed E-state index contributed by atoms with van der Waals surface area (Å²) in [6, 6.07) is 0.702. The van der Waals surface area contributed by atoms with Gasteiger partial charge in [-0.2, -0.15) is 5.26 Å². The van der Waals surface area contributed by atoms with Crippen molar-refractivity contribution < 1.29 is 14.4 Å². The van der Waals surface area contributed by atoms with Gasteiger partial charge in [0.15, 0.2) is 0 Å². The lowest BCUT2D eigenvalue weighted by atomic mass is 9.85. The van der Waals surface area contributed by atoms with Gasteiger partial charge in [-0.05, 0) is 57.4 Å². The fourth-order valence-electron chi connectivity index (χ4n) is 4.33. The zero-order valence-electron chi connectivity index (χ0n) is 22.1. The Kier molecular flexibility index (Phi) is 8.40. The number of hydrogen-bond acceptors (Lipinski definition) is 6. The third-order valence-electron chi connectivity index (χ3n) is 6.89. The molecule has 3 rings (SSSR count). The van der Waals surface area contributed by atoms with Crippen LogP contribution in [0.5, 0.6) is 0 Å². The number of nitrogens with one attached hydrogen (secondary N) is 2. The second-order valence-corrected chi connectivity index (χ2v) is 11.9. The second kappa shape index (κ2) is 11.0. The molecule has 36 heavy (non-hydrogen) atoms. The van der Waals surface area contributed by atoms with Crippen molar-refractivity contribution >= 4 is 34.6 Å². The molecule has 1 aliphatic heterocycles. The normalized spacial score (nSPS) is 20.5. The highest BCUT2D eigenvalue weighted by Crippen LogP contribution is 2.45. The van der Waals surface area contributed by atoms with Gasteiger partial charge in [0.2, 0.25) is 17.7 Å². The number of allylic oxidation sites excluding steroid dienone is 3. The van der Waals surface area contributed by atoms with Crippen LogP contribution < -0.4 is 10.6 Å². The number of thiazole rings is 1. The van der Waals surface area contributed by atoms with E-state index in [2.05, 4.69) is 21.7 Å². The Morgan fingerprint density at radius 1 is 1.31 bits per heavy atom. The summed E-state index contributed by atoms with van der Waals surface area (Å²) in [5.74, 6) is -0.855. The third-order valence-corrected chi connectivity index (χ3v) is 7.95. The standard InChI is InChI=1S/C27H37N5O3S/c1-17(9-10-18(2)21-19(3)30-16-36-21)14-29-23(33)20-8-7-13-32(20)24(34)22(26(4,5)6)31-25(35)27(15-28)11-12-27/h9-10,16,20,22H,7-8,11-14H2,1-6H3,(H,29,33)(H,31,35)/b17-9+,18-10+/t20-,22+/m0/s1. The molecule has 2 N–H and O–H groups in total. The molecule has 0 aromatic carbocycles. The lowest BCUT2D eigenvalue weighted by molar-refractivity contribution is -0.144. The minimum absolute atomic E-state index is 0.192. The number of amides is 3. The largest absolute Gasteiger partial charge is 0.351 e. The van der Waals surface area contributed by atoms with Crippen molar-refractivity contribution in [1.82, 2.24) is 20.5 Å². The fourth-order valence-corrected chi connectivity index (χ4v) is 5.12. The Morgan fingerprint density at radius 3 is 2.56 bits per heavy atom. The van der Waals surface area contributed by atoms with Gasteiger partial charge < -0.3 is 15.5 Å². The van der Waals surface area contributed by atoms with Crippen molar-refractivity contribution in [1.29, 1.82) is 5.26 Å². The van der Waals surface area contributed by atoms with E-state index in [1.165, 1.54) is 0 Å². The number of aryl methyl sites for hydroxylation is 1. The van der Waals surface area contributed by atoms with E-state index >= 15 is 0 Å². The molecule has 0 unspecified atom stereocenters. The Morgan fingerprint density at radius 2 is 2.00 bits per heavy atom. The molecule has 2 aliphatic rings. The minimum Gasteiger partial charge on any atom is -0.351 e. The molecule has 1 aromatic rings. The molecule has 0 radical (unpaired) electrons. The van der Waals surface area contributed by atoms with E-state index in [9.17, 15) is 19.6 Å². The topological polar surface area (TPSA) is 115 Å². The van der Waals surface area contributed by atoms with Gasteiger partial charge >= 0.3 is 0 Å². The number of carbonyl (C=O) groups is 3. The van der Waals surface area contributed by atoms with Gasteiger partial charge in [-0.25, -0.2) is 4.98 Å². The van der Waals surface area contributed by atoms with Gasteiger partial charge in [-0.1, -0.05) is 38.5 Å². The number of nitriles is 1. The monoisotopic (exact) mass is 511 g/mol. The molecule has 2 atom stereocenters. The van der Waals surface area contributed by atoms with E-state index in [0.29, 0.717) is 32.4 Å². The Bertz CT molecular complexity index is 1120. The van der Waals surface area contributed by atoms with Crippen molar-refractivity contribution in [3.8, 4) is 6.07 Å². The molecule has 0 spiro atoms. The van der Waals surface area contributed by atoms with Crippen LogP contribution in [-0.2, 0) is 14.4 Å². The number of aromatic nitrogens is 1. The van der Waals surface area contributed by atoms with Crippen LogP contribution in [0.1, 0.15) is 70.9 Å². The first-order chi connectivity index (χ1) is 16.9. The van der Waals surface area contributed by atoms with E-state index in [0.717, 1.165) is 28.1 Å². The molecule has 3 amide bonds. The summed E-state index contributed by atoms with van der Waals surface area (Å²) >= 11 is 1.60. The minimum atomic E-state index is -1.01. The lowest BCUT2D eigenvalue weighted by Gasteiger charge is -2.35. The van der Waals surface area contributed by atoms with E-state index in [-0.39, 0.29) is 11.8 Å². The van der Waals surface area contributed by atoms with Crippen LogP contribution in [-0.4, -0.2) is 52.8 Å². The molecule has 8 nitrogen and oxygen atoms in total. The predicted octanol–water partition coefficient (Wildman–Crippen LogP) is 3.74. The maximum Gasteiger partial charge on any atom is 0.246 e. The first-order valence-corrected chi connectivity index (χ1v) is 13.3. The quantitative estimate of drug-likeness (QED) is 0.516. The fraction of sp³-hybridized carbons (Fsp3) is 0.593. The first kappa shape index (κ1) is 27.6. The SMILES string of the molecule is C/C(=C\C=C(/C)c1scnc1C)CNC(=O)[C@@H]1CCCN1C(=O)[C@@H](NC(=O)C1(C#N)CC1)C(C)(C)C. The summed E-state index contributed by atoms with van der Waals surface area (Å²) in [5.41, 5.74) is 3.36. The zero-order valence-corrected chi connectivity index (χ0v) is 22.9. The van der Waals surface area contributed by atoms with Gasteiger partial charge in [0, 0.05) is 13.1 Å². The number of likely N-dealkylation sites (tertiary alicyclic amines) is 1. The molecule has 2 heterocycles. The number of nitrogens with zero attached hydrogens (tertiary/aromatic N) is 3. The Hall–Kier alpha value is -2.99. The average Bonchev–Trinajstić information content (AvgIpc) is 3.26. The third kappa shape index (κ3) is 6.22. The number of hydrogen-bond donors (Lipinski definition) is 2. The van der Waals surface area contributed by atoms with Crippen LogP contribution in [0.2, 0.25) is 0 Å². The van der Waals surface area contributed by atoms with E-state index < -0.39 is 28.8 Å². The van der Waals surface area contributed by atoms with Crippen molar-refractivity contribution in [3.05, 3.63) is 33.8 Å².